The Labute approximate surface area is 749 Å². The van der Waals surface area contributed by atoms with Gasteiger partial charge in [-0.25, -0.2) is 44.3 Å². The molecule has 6 amide bonds. The van der Waals surface area contributed by atoms with E-state index in [-0.39, 0.29) is 62.4 Å². The van der Waals surface area contributed by atoms with Crippen molar-refractivity contribution in [3.8, 4) is 0 Å². The molecule has 38 heteroatoms. The molecule has 8 aromatic rings. The SMILES string of the molecule is CCOC(=O)CNc1ncc(Br)cc1CN(C)C(=O)OC(C)(C)C.CCOC(=O)CNc1ncc(Br)cc1CNC.CN(Cc1cc(Br)cnc1NC(=O)OC(C)(C)C)C(=O)OC(C)(C)C.CN1Cc2cc(Br)cnc2NCC1=O.CNCc1cc(Br)cnc1N.Cc1[nH]c2ccccc2c1CN(C)C(=O)/C=C/c1cnc2c(c1)CN(C)C(=O)CN2. The Morgan fingerprint density at radius 2 is 0.967 bits per heavy atom. The van der Waals surface area contributed by atoms with E-state index in [9.17, 15) is 38.4 Å². The highest BCUT2D eigenvalue weighted by Crippen LogP contribution is 2.28. The van der Waals surface area contributed by atoms with Gasteiger partial charge in [-0.1, -0.05) is 18.2 Å². The van der Waals surface area contributed by atoms with Gasteiger partial charge in [0.15, 0.2) is 0 Å². The molecule has 0 aliphatic carbocycles. The largest absolute Gasteiger partial charge is 0.465 e. The normalized spacial score (nSPS) is 12.2. The standard InChI is InChI=1S/C23H25N5O2.C17H26BrN3O4.C16H24BrN3O4.C11H16BrN3O2.C9H10BrN3O.C7H10BrN3/c1-15-19(18-6-4-5-7-20(18)26-15)14-28(3)21(29)9-8-16-10-17-13-27(2)22(30)12-25-23(17)24-11-16;1-16(2,3)24-14(22)20-13-11(8-12(18)9-19-13)10-21(7)15(23)25-17(4,5)6;1-6-23-13(21)9-19-14-11(7-12(17)8-18-14)10-20(5)15(22)24-16(2,3)4;1-3-17-10(16)7-15-11-8(5-13-2)4-9(12)6-14-11;1-13-5-6-2-7(10)3-11-9(6)12-4-8(13)14;1-10-3-5-2-6(8)4-11-7(5)9/h4-11,26H,12-14H2,1-3H3,(H,24,25);8-9H,10H2,1-7H3,(H,19,20,22);7-8H,6,9-10H2,1-5H3,(H,18,19);4,6,13H,3,5,7H2,1-2H3,(H,14,15);2-3H,4-5H2,1H3,(H,11,12);2,4,10H,3H2,1H3,(H2,9,11)/b9-8+;;;;;. The molecule has 121 heavy (non-hydrogen) atoms. The number of nitrogens with one attached hydrogen (secondary N) is 8. The lowest BCUT2D eigenvalue weighted by atomic mass is 10.1. The van der Waals surface area contributed by atoms with Crippen molar-refractivity contribution in [2.75, 3.05) is 121 Å². The molecule has 0 saturated carbocycles. The molecule has 656 valence electrons. The lowest BCUT2D eigenvalue weighted by Crippen LogP contribution is -2.34. The van der Waals surface area contributed by atoms with Crippen LogP contribution in [0.15, 0.2) is 126 Å². The van der Waals surface area contributed by atoms with Crippen LogP contribution < -0.4 is 43.0 Å². The lowest BCUT2D eigenvalue weighted by Gasteiger charge is -2.25. The van der Waals surface area contributed by atoms with Crippen molar-refractivity contribution in [2.45, 2.75) is 146 Å². The number of anilines is 6. The second-order valence-electron chi connectivity index (χ2n) is 30.3. The fourth-order valence-corrected chi connectivity index (χ4v) is 12.7. The molecule has 7 aromatic heterocycles. The van der Waals surface area contributed by atoms with Crippen molar-refractivity contribution >= 4 is 179 Å². The number of aromatic nitrogens is 7. The minimum Gasteiger partial charge on any atom is -0.465 e. The quantitative estimate of drug-likeness (QED) is 0.0183. The maximum Gasteiger partial charge on any atom is 0.413 e. The number of H-pyrrole nitrogens is 1. The smallest absolute Gasteiger partial charge is 0.413 e. The third-order valence-corrected chi connectivity index (χ3v) is 18.5. The molecule has 0 fully saturated rings. The van der Waals surface area contributed by atoms with E-state index in [0.29, 0.717) is 80.6 Å². The van der Waals surface area contributed by atoms with E-state index in [1.807, 2.05) is 90.3 Å². The number of nitrogens with two attached hydrogens (primary N) is 1. The van der Waals surface area contributed by atoms with Gasteiger partial charge in [0, 0.05) is 184 Å². The summed E-state index contributed by atoms with van der Waals surface area (Å²) >= 11 is 16.7. The summed E-state index contributed by atoms with van der Waals surface area (Å²) in [6.45, 7) is 26.7. The Kier molecular flexibility index (Phi) is 41.2. The van der Waals surface area contributed by atoms with Gasteiger partial charge >= 0.3 is 30.2 Å². The van der Waals surface area contributed by atoms with Crippen molar-refractivity contribution < 1.29 is 62.0 Å². The van der Waals surface area contributed by atoms with Crippen molar-refractivity contribution in [2.24, 2.45) is 0 Å². The van der Waals surface area contributed by atoms with E-state index in [1.165, 1.54) is 9.80 Å². The van der Waals surface area contributed by atoms with Gasteiger partial charge in [0.1, 0.15) is 64.8 Å². The molecule has 0 unspecified atom stereocenters. The van der Waals surface area contributed by atoms with Crippen LogP contribution in [0.3, 0.4) is 0 Å². The van der Waals surface area contributed by atoms with E-state index >= 15 is 0 Å². The van der Waals surface area contributed by atoms with Gasteiger partial charge in [0.05, 0.1) is 39.4 Å². The summed E-state index contributed by atoms with van der Waals surface area (Å²) in [6.07, 6.45) is 11.8. The van der Waals surface area contributed by atoms with Crippen LogP contribution in [0.5, 0.6) is 0 Å². The predicted octanol–water partition coefficient (Wildman–Crippen LogP) is 14.6. The minimum atomic E-state index is -0.618. The zero-order valence-corrected chi connectivity index (χ0v) is 79.7. The van der Waals surface area contributed by atoms with E-state index in [0.717, 1.165) is 90.3 Å². The molecule has 1 aromatic carbocycles. The van der Waals surface area contributed by atoms with Crippen LogP contribution in [0.25, 0.3) is 17.0 Å². The Balaban J connectivity index is 0.000000265. The van der Waals surface area contributed by atoms with Crippen LogP contribution in [0, 0.1) is 6.92 Å². The first-order chi connectivity index (χ1) is 56.9. The van der Waals surface area contributed by atoms with Gasteiger partial charge in [-0.2, -0.15) is 0 Å². The number of hydrogen-bond acceptors (Lipinski definition) is 26. The van der Waals surface area contributed by atoms with Crippen LogP contribution in [0.4, 0.5) is 49.3 Å². The van der Waals surface area contributed by atoms with Gasteiger partial charge in [0.25, 0.3) is 0 Å². The number of esters is 2. The number of hydrogen-bond donors (Lipinski definition) is 9. The van der Waals surface area contributed by atoms with E-state index in [4.69, 9.17) is 29.4 Å². The molecule has 0 spiro atoms. The summed E-state index contributed by atoms with van der Waals surface area (Å²) in [4.78, 5) is 131. The molecule has 2 aliphatic heterocycles. The second kappa shape index (κ2) is 49.1. The molecule has 0 radical (unpaired) electrons. The number of pyridine rings is 6. The molecule has 10 N–H and O–H groups in total. The number of aromatic amines is 1. The summed E-state index contributed by atoms with van der Waals surface area (Å²) in [5.74, 6) is 3.00. The number of para-hydroxylation sites is 1. The molecular weight excluding hydrogens is 1880 g/mol. The number of fused-ring (bicyclic) bond motifs is 3. The van der Waals surface area contributed by atoms with Crippen molar-refractivity contribution in [3.63, 3.8) is 0 Å². The van der Waals surface area contributed by atoms with Gasteiger partial charge in [-0.05, 0) is 236 Å². The first-order valence-corrected chi connectivity index (χ1v) is 42.2. The zero-order valence-electron chi connectivity index (χ0n) is 71.8. The zero-order chi connectivity index (χ0) is 90.1. The topological polar surface area (TPSA) is 402 Å². The predicted molar refractivity (Wildman–Crippen MR) is 488 cm³/mol. The third-order valence-electron chi connectivity index (χ3n) is 16.4. The fraction of sp³-hybridized carbons (Fsp3) is 0.422. The van der Waals surface area contributed by atoms with Gasteiger partial charge in [0.2, 0.25) is 17.7 Å². The highest BCUT2D eigenvalue weighted by atomic mass is 79.9. The summed E-state index contributed by atoms with van der Waals surface area (Å²) in [6, 6.07) is 19.6. The average molecular weight is 2000 g/mol. The van der Waals surface area contributed by atoms with Crippen molar-refractivity contribution in [3.05, 3.63) is 176 Å². The molecule has 2 aliphatic rings. The number of carbonyl (C=O) groups is 8. The average Bonchev–Trinajstić information content (AvgIpc) is 1.66. The first kappa shape index (κ1) is 101. The first-order valence-electron chi connectivity index (χ1n) is 38.3. The van der Waals surface area contributed by atoms with Crippen LogP contribution in [0.2, 0.25) is 0 Å². The van der Waals surface area contributed by atoms with Crippen LogP contribution in [-0.4, -0.2) is 213 Å². The van der Waals surface area contributed by atoms with E-state index in [2.05, 4.69) is 158 Å². The number of ether oxygens (including phenoxy) is 5. The third kappa shape index (κ3) is 36.6. The van der Waals surface area contributed by atoms with Crippen molar-refractivity contribution in [1.29, 1.82) is 0 Å². The molecule has 10 rings (SSSR count). The number of nitrogen functional groups attached to an aromatic ring is 1. The number of rotatable bonds is 21. The number of carbonyl (C=O) groups excluding carboxylic acids is 8. The van der Waals surface area contributed by atoms with Crippen LogP contribution >= 0.6 is 79.6 Å². The lowest BCUT2D eigenvalue weighted by molar-refractivity contribution is -0.141. The summed E-state index contributed by atoms with van der Waals surface area (Å²) in [5, 5.41) is 21.8. The number of benzene rings is 1. The van der Waals surface area contributed by atoms with Crippen molar-refractivity contribution in [1.82, 2.24) is 70.0 Å². The van der Waals surface area contributed by atoms with Crippen LogP contribution in [0.1, 0.15) is 126 Å². The Hall–Kier alpha value is -10.1. The summed E-state index contributed by atoms with van der Waals surface area (Å²) in [7, 11) is 12.4. The van der Waals surface area contributed by atoms with Gasteiger partial charge in [-0.3, -0.25) is 29.3 Å². The fourth-order valence-electron chi connectivity index (χ4n) is 10.8. The van der Waals surface area contributed by atoms with E-state index < -0.39 is 35.1 Å². The Morgan fingerprint density at radius 1 is 0.545 bits per heavy atom. The number of amides is 6. The molecule has 9 heterocycles. The van der Waals surface area contributed by atoms with Gasteiger partial charge < -0.3 is 90.8 Å². The van der Waals surface area contributed by atoms with Crippen LogP contribution in [-0.2, 0) is 93.5 Å². The highest BCUT2D eigenvalue weighted by Gasteiger charge is 2.26. The summed E-state index contributed by atoms with van der Waals surface area (Å²) in [5.41, 5.74) is 13.3. The molecular formula is C83H111Br5N20O13. The number of aryl methyl sites for hydroxylation is 1. The monoisotopic (exact) mass is 1990 g/mol. The molecule has 0 saturated heterocycles. The molecule has 0 bridgehead atoms. The number of likely N-dealkylation sites (N-methyl/N-ethyl adjacent to an activating group) is 3. The molecule has 0 atom stereocenters. The Bertz CT molecular complexity index is 4870. The number of nitrogens with zero attached hydrogens (tertiary/aromatic N) is 11. The van der Waals surface area contributed by atoms with Gasteiger partial charge in [-0.15, -0.1) is 0 Å². The maximum absolute atomic E-state index is 12.7. The number of halogens is 5. The second-order valence-corrected chi connectivity index (χ2v) is 34.9. The minimum absolute atomic E-state index is 0.00558. The van der Waals surface area contributed by atoms with E-state index in [1.54, 1.807) is 161 Å². The maximum atomic E-state index is 12.7. The highest BCUT2D eigenvalue weighted by molar-refractivity contribution is 9.11. The molecule has 33 nitrogen and oxygen atoms in total. The Morgan fingerprint density at radius 3 is 1.46 bits per heavy atom. The summed E-state index contributed by atoms with van der Waals surface area (Å²) < 4.78 is 29.9.